The van der Waals surface area contributed by atoms with Crippen molar-refractivity contribution in [3.05, 3.63) is 0 Å². The highest BCUT2D eigenvalue weighted by molar-refractivity contribution is 5.65. The summed E-state index contributed by atoms with van der Waals surface area (Å²) in [5.74, 6) is -13.1. The lowest BCUT2D eigenvalue weighted by atomic mass is 10.2. The van der Waals surface area contributed by atoms with Gasteiger partial charge in [-0.15, -0.1) is 0 Å². The number of alkyl halides is 7. The van der Waals surface area contributed by atoms with Gasteiger partial charge >= 0.3 is 24.0 Å². The summed E-state index contributed by atoms with van der Waals surface area (Å²) in [6.07, 6.45) is -6.41. The molecule has 0 fully saturated rings. The van der Waals surface area contributed by atoms with E-state index in [1.807, 2.05) is 0 Å². The van der Waals surface area contributed by atoms with Crippen LogP contribution in [0.1, 0.15) is 6.92 Å². The van der Waals surface area contributed by atoms with Crippen LogP contribution >= 0.6 is 0 Å². The van der Waals surface area contributed by atoms with E-state index in [0.29, 0.717) is 6.92 Å². The molecule has 0 bridgehead atoms. The molecule has 0 aromatic heterocycles. The molecule has 0 aromatic carbocycles. The maximum Gasteiger partial charge on any atom is 0.460 e. The van der Waals surface area contributed by atoms with Crippen LogP contribution in [-0.2, 0) is 9.53 Å². The number of esters is 1. The fourth-order valence-corrected chi connectivity index (χ4v) is 0.490. The Labute approximate surface area is 79.0 Å². The van der Waals surface area contributed by atoms with E-state index in [2.05, 4.69) is 4.74 Å². The Kier molecular flexibility index (Phi) is 3.59. The zero-order chi connectivity index (χ0) is 12.5. The van der Waals surface area contributed by atoms with Crippen molar-refractivity contribution in [1.29, 1.82) is 0 Å². The van der Waals surface area contributed by atoms with E-state index in [0.717, 1.165) is 0 Å². The van der Waals surface area contributed by atoms with Crippen LogP contribution in [0.3, 0.4) is 0 Å². The van der Waals surface area contributed by atoms with Crippen molar-refractivity contribution in [3.63, 3.8) is 0 Å². The smallest absolute Gasteiger partial charge is 0.459 e. The zero-order valence-corrected chi connectivity index (χ0v) is 7.17. The van der Waals surface area contributed by atoms with E-state index in [1.54, 1.807) is 0 Å². The molecule has 0 aliphatic carbocycles. The van der Waals surface area contributed by atoms with Crippen LogP contribution in [-0.4, -0.2) is 30.6 Å². The Hall–Kier alpha value is -1.02. The van der Waals surface area contributed by atoms with E-state index in [1.165, 1.54) is 0 Å². The molecule has 9 heteroatoms. The van der Waals surface area contributed by atoms with Gasteiger partial charge in [0.25, 0.3) is 0 Å². The van der Waals surface area contributed by atoms with E-state index in [9.17, 15) is 35.5 Å². The van der Waals surface area contributed by atoms with E-state index in [4.69, 9.17) is 0 Å². The molecule has 0 heterocycles. The Balaban J connectivity index is 4.77. The Morgan fingerprint density at radius 3 is 1.73 bits per heavy atom. The lowest BCUT2D eigenvalue weighted by Crippen LogP contribution is -2.54. The maximum atomic E-state index is 12.3. The molecule has 0 radical (unpaired) electrons. The van der Waals surface area contributed by atoms with Gasteiger partial charge in [0.2, 0.25) is 0 Å². The molecule has 0 aliphatic heterocycles. The third-order valence-electron chi connectivity index (χ3n) is 1.27. The lowest BCUT2D eigenvalue weighted by molar-refractivity contribution is -0.359. The first-order valence-electron chi connectivity index (χ1n) is 3.37. The fourth-order valence-electron chi connectivity index (χ4n) is 0.490. The molecule has 90 valence electrons. The van der Waals surface area contributed by atoms with Gasteiger partial charge in [0.15, 0.2) is 6.61 Å². The molecule has 0 atom stereocenters. The van der Waals surface area contributed by atoms with E-state index >= 15 is 0 Å². The predicted octanol–water partition coefficient (Wildman–Crippen LogP) is 2.38. The molecule has 0 aliphatic rings. The summed E-state index contributed by atoms with van der Waals surface area (Å²) in [5.41, 5.74) is 0. The van der Waals surface area contributed by atoms with Gasteiger partial charge in [-0.3, -0.25) is 4.79 Å². The second-order valence-electron chi connectivity index (χ2n) is 2.56. The largest absolute Gasteiger partial charge is 0.460 e. The van der Waals surface area contributed by atoms with Crippen LogP contribution < -0.4 is 0 Å². The van der Waals surface area contributed by atoms with Gasteiger partial charge in [0.05, 0.1) is 0 Å². The molecule has 0 N–H and O–H groups in total. The molecule has 0 unspecified atom stereocenters. The van der Waals surface area contributed by atoms with Crippen molar-refractivity contribution >= 4 is 5.97 Å². The average Bonchev–Trinajstić information content (AvgIpc) is 1.98. The van der Waals surface area contributed by atoms with Gasteiger partial charge in [-0.1, -0.05) is 0 Å². The number of hydrogen-bond acceptors (Lipinski definition) is 2. The molecule has 2 nitrogen and oxygen atoms in total. The van der Waals surface area contributed by atoms with Crippen molar-refractivity contribution in [3.8, 4) is 0 Å². The molecule has 15 heavy (non-hydrogen) atoms. The minimum Gasteiger partial charge on any atom is -0.459 e. The Morgan fingerprint density at radius 2 is 1.47 bits per heavy atom. The van der Waals surface area contributed by atoms with Crippen molar-refractivity contribution in [2.24, 2.45) is 0 Å². The third-order valence-corrected chi connectivity index (χ3v) is 1.27. The molecular weight excluding hydrogens is 237 g/mol. The summed E-state index contributed by atoms with van der Waals surface area (Å²) >= 11 is 0. The highest BCUT2D eigenvalue weighted by Crippen LogP contribution is 2.46. The van der Waals surface area contributed by atoms with Crippen LogP contribution in [0.4, 0.5) is 30.7 Å². The molecule has 0 spiro atoms. The van der Waals surface area contributed by atoms with Crippen molar-refractivity contribution in [1.82, 2.24) is 0 Å². The SMILES string of the molecule is CC(=O)OCC(F)(F)C(F)(F)C(F)(F)F. The van der Waals surface area contributed by atoms with Gasteiger partial charge in [-0.2, -0.15) is 30.7 Å². The highest BCUT2D eigenvalue weighted by Gasteiger charge is 2.73. The van der Waals surface area contributed by atoms with Crippen LogP contribution in [0.25, 0.3) is 0 Å². The fraction of sp³-hybridized carbons (Fsp3) is 0.833. The van der Waals surface area contributed by atoms with Gasteiger partial charge in [0, 0.05) is 6.92 Å². The first kappa shape index (κ1) is 14.0. The van der Waals surface area contributed by atoms with Gasteiger partial charge in [-0.25, -0.2) is 0 Å². The molecule has 0 saturated carbocycles. The van der Waals surface area contributed by atoms with Crippen LogP contribution in [0.5, 0.6) is 0 Å². The van der Waals surface area contributed by atoms with Crippen LogP contribution in [0, 0.1) is 0 Å². The third kappa shape index (κ3) is 2.96. The molecule has 0 rings (SSSR count). The summed E-state index contributed by atoms with van der Waals surface area (Å²) in [7, 11) is 0. The normalized spacial score (nSPS) is 13.9. The summed E-state index contributed by atoms with van der Waals surface area (Å²) in [6.45, 7) is -1.73. The number of rotatable bonds is 3. The summed E-state index contributed by atoms with van der Waals surface area (Å²) < 4.78 is 86.7. The van der Waals surface area contributed by atoms with Gasteiger partial charge < -0.3 is 4.74 Å². The topological polar surface area (TPSA) is 26.3 Å². The molecule has 0 saturated heterocycles. The van der Waals surface area contributed by atoms with Gasteiger partial charge in [0.1, 0.15) is 0 Å². The maximum absolute atomic E-state index is 12.3. The van der Waals surface area contributed by atoms with Crippen molar-refractivity contribution in [2.45, 2.75) is 24.9 Å². The second kappa shape index (κ2) is 3.86. The van der Waals surface area contributed by atoms with Gasteiger partial charge in [-0.05, 0) is 0 Å². The van der Waals surface area contributed by atoms with Crippen LogP contribution in [0.2, 0.25) is 0 Å². The minimum absolute atomic E-state index is 0.599. The molecular formula is C6H5F7O2. The predicted molar refractivity (Wildman–Crippen MR) is 32.6 cm³/mol. The minimum atomic E-state index is -6.41. The number of carbonyl (C=O) groups is 1. The number of ether oxygens (including phenoxy) is 1. The number of hydrogen-bond donors (Lipinski definition) is 0. The summed E-state index contributed by atoms with van der Waals surface area (Å²) in [6, 6.07) is 0. The second-order valence-corrected chi connectivity index (χ2v) is 2.56. The Morgan fingerprint density at radius 1 is 1.07 bits per heavy atom. The Bertz CT molecular complexity index is 244. The molecule has 0 amide bonds. The highest BCUT2D eigenvalue weighted by atomic mass is 19.4. The monoisotopic (exact) mass is 242 g/mol. The average molecular weight is 242 g/mol. The van der Waals surface area contributed by atoms with E-state index < -0.39 is 30.6 Å². The first-order chi connectivity index (χ1) is 6.42. The zero-order valence-electron chi connectivity index (χ0n) is 7.17. The molecule has 0 aromatic rings. The van der Waals surface area contributed by atoms with Crippen molar-refractivity contribution in [2.75, 3.05) is 6.61 Å². The standard InChI is InChI=1S/C6H5F7O2/c1-3(14)15-2-4(7,8)5(9,10)6(11,12)13/h2H2,1H3. The van der Waals surface area contributed by atoms with Crippen molar-refractivity contribution < 1.29 is 40.3 Å². The number of halogens is 7. The summed E-state index contributed by atoms with van der Waals surface area (Å²) in [5, 5.41) is 0. The first-order valence-corrected chi connectivity index (χ1v) is 3.37. The number of carbonyl (C=O) groups excluding carboxylic acids is 1. The van der Waals surface area contributed by atoms with E-state index in [-0.39, 0.29) is 0 Å². The van der Waals surface area contributed by atoms with Crippen LogP contribution in [0.15, 0.2) is 0 Å². The summed E-state index contributed by atoms with van der Waals surface area (Å²) in [4.78, 5) is 9.99. The quantitative estimate of drug-likeness (QED) is 0.561. The lowest BCUT2D eigenvalue weighted by Gasteiger charge is -2.27.